The highest BCUT2D eigenvalue weighted by molar-refractivity contribution is 7.33. The monoisotopic (exact) mass is 490 g/mol. The highest BCUT2D eigenvalue weighted by atomic mass is 32.1. The molecule has 0 radical (unpaired) electrons. The van der Waals surface area contributed by atoms with Crippen LogP contribution >= 0.6 is 68.0 Å². The van der Waals surface area contributed by atoms with Gasteiger partial charge in [0.1, 0.15) is 0 Å². The maximum absolute atomic E-state index is 2.40. The van der Waals surface area contributed by atoms with Gasteiger partial charge >= 0.3 is 0 Å². The van der Waals surface area contributed by atoms with Crippen molar-refractivity contribution in [2.24, 2.45) is 0 Å². The summed E-state index contributed by atoms with van der Waals surface area (Å²) in [5, 5.41) is 9.98. The van der Waals surface area contributed by atoms with Crippen LogP contribution < -0.4 is 0 Å². The van der Waals surface area contributed by atoms with Gasteiger partial charge in [0.25, 0.3) is 0 Å². The Kier molecular flexibility index (Phi) is 3.32. The molecule has 0 nitrogen and oxygen atoms in total. The predicted molar refractivity (Wildman–Crippen MR) is 144 cm³/mol. The van der Waals surface area contributed by atoms with Crippen molar-refractivity contribution in [2.45, 2.75) is 0 Å². The van der Waals surface area contributed by atoms with Gasteiger partial charge in [0.2, 0.25) is 0 Å². The molecule has 0 saturated carbocycles. The molecule has 0 spiro atoms. The van der Waals surface area contributed by atoms with E-state index in [0.717, 1.165) is 0 Å². The van der Waals surface area contributed by atoms with Gasteiger partial charge in [-0.05, 0) is 70.1 Å². The number of rotatable bonds is 1. The van der Waals surface area contributed by atoms with E-state index in [1.54, 1.807) is 0 Å². The summed E-state index contributed by atoms with van der Waals surface area (Å²) in [6.45, 7) is 0. The molecule has 0 aliphatic heterocycles. The SMILES string of the molecule is c1cc2sc3cc4sc(-c5cc6cc7c(cc6s5)sc5ccsc57)cc4cc3c2s1. The molecule has 0 unspecified atom stereocenters. The van der Waals surface area contributed by atoms with E-state index in [0.29, 0.717) is 0 Å². The molecule has 0 saturated heterocycles. The average Bonchev–Trinajstić information content (AvgIpc) is 3.53. The first-order chi connectivity index (χ1) is 14.8. The largest absolute Gasteiger partial charge is 0.142 e. The second-order valence-electron chi connectivity index (χ2n) is 7.43. The van der Waals surface area contributed by atoms with Crippen molar-refractivity contribution >= 4 is 127 Å². The summed E-state index contributed by atoms with van der Waals surface area (Å²) in [5.74, 6) is 0. The number of fused-ring (bicyclic) bond motifs is 8. The first kappa shape index (κ1) is 16.8. The highest BCUT2D eigenvalue weighted by Crippen LogP contribution is 2.46. The third-order valence-corrected chi connectivity index (χ3v) is 12.4. The molecule has 6 heterocycles. The van der Waals surface area contributed by atoms with Crippen LogP contribution in [-0.2, 0) is 0 Å². The van der Waals surface area contributed by atoms with Crippen molar-refractivity contribution in [2.75, 3.05) is 0 Å². The third kappa shape index (κ3) is 2.24. The molecular weight excluding hydrogens is 481 g/mol. The van der Waals surface area contributed by atoms with Crippen molar-refractivity contribution in [1.29, 1.82) is 0 Å². The van der Waals surface area contributed by atoms with Crippen LogP contribution in [0.1, 0.15) is 0 Å². The molecule has 0 aliphatic rings. The van der Waals surface area contributed by atoms with Crippen LogP contribution in [0.5, 0.6) is 0 Å². The smallest absolute Gasteiger partial charge is 0.0529 e. The van der Waals surface area contributed by atoms with Crippen LogP contribution in [0.2, 0.25) is 0 Å². The van der Waals surface area contributed by atoms with E-state index < -0.39 is 0 Å². The topological polar surface area (TPSA) is 0 Å². The van der Waals surface area contributed by atoms with E-state index in [2.05, 4.69) is 59.3 Å². The Hall–Kier alpha value is -1.80. The summed E-state index contributed by atoms with van der Waals surface area (Å²) < 4.78 is 11.3. The van der Waals surface area contributed by atoms with Gasteiger partial charge in [-0.2, -0.15) is 0 Å². The Labute approximate surface area is 194 Å². The maximum atomic E-state index is 2.40. The van der Waals surface area contributed by atoms with Crippen LogP contribution in [0.15, 0.2) is 59.3 Å². The van der Waals surface area contributed by atoms with Gasteiger partial charge in [-0.3, -0.25) is 0 Å². The summed E-state index contributed by atoms with van der Waals surface area (Å²) in [6.07, 6.45) is 0. The van der Waals surface area contributed by atoms with Gasteiger partial charge in [0.15, 0.2) is 0 Å². The zero-order chi connectivity index (χ0) is 19.4. The number of hydrogen-bond acceptors (Lipinski definition) is 6. The minimum absolute atomic E-state index is 1.37. The van der Waals surface area contributed by atoms with Gasteiger partial charge in [-0.1, -0.05) is 0 Å². The van der Waals surface area contributed by atoms with E-state index in [1.165, 1.54) is 68.9 Å². The fraction of sp³-hybridized carbons (Fsp3) is 0. The van der Waals surface area contributed by atoms with E-state index >= 15 is 0 Å². The van der Waals surface area contributed by atoms with Crippen molar-refractivity contribution in [3.05, 3.63) is 59.3 Å². The lowest BCUT2D eigenvalue weighted by Crippen LogP contribution is -1.63. The molecule has 8 aromatic rings. The van der Waals surface area contributed by atoms with E-state index in [9.17, 15) is 0 Å². The van der Waals surface area contributed by atoms with Gasteiger partial charge in [-0.15, -0.1) is 68.0 Å². The van der Waals surface area contributed by atoms with E-state index in [-0.39, 0.29) is 0 Å². The average molecular weight is 491 g/mol. The van der Waals surface area contributed by atoms with Gasteiger partial charge in [-0.25, -0.2) is 0 Å². The summed E-state index contributed by atoms with van der Waals surface area (Å²) in [6, 6.07) is 18.9. The van der Waals surface area contributed by atoms with Crippen molar-refractivity contribution in [3.8, 4) is 9.75 Å². The lowest BCUT2D eigenvalue weighted by atomic mass is 10.2. The number of benzene rings is 2. The van der Waals surface area contributed by atoms with Crippen LogP contribution in [0.25, 0.3) is 68.9 Å². The first-order valence-corrected chi connectivity index (χ1v) is 14.5. The van der Waals surface area contributed by atoms with Crippen molar-refractivity contribution in [3.63, 3.8) is 0 Å². The molecule has 0 amide bonds. The van der Waals surface area contributed by atoms with Crippen molar-refractivity contribution in [1.82, 2.24) is 0 Å². The molecule has 6 heteroatoms. The predicted octanol–water partition coefficient (Wildman–Crippen LogP) is 10.6. The minimum atomic E-state index is 1.37. The summed E-state index contributed by atoms with van der Waals surface area (Å²) >= 11 is 11.4. The van der Waals surface area contributed by atoms with Gasteiger partial charge in [0.05, 0.1) is 9.40 Å². The molecule has 0 N–H and O–H groups in total. The van der Waals surface area contributed by atoms with Crippen LogP contribution in [0, 0.1) is 0 Å². The van der Waals surface area contributed by atoms with Crippen LogP contribution in [-0.4, -0.2) is 0 Å². The zero-order valence-corrected chi connectivity index (χ0v) is 20.1. The lowest BCUT2D eigenvalue weighted by Gasteiger charge is -1.90. The Balaban J connectivity index is 1.34. The molecule has 0 fully saturated rings. The molecule has 30 heavy (non-hydrogen) atoms. The molecule has 6 aromatic heterocycles. The second kappa shape index (κ2) is 5.91. The first-order valence-electron chi connectivity index (χ1n) is 9.47. The number of thiophene rings is 6. The Morgan fingerprint density at radius 2 is 0.933 bits per heavy atom. The quantitative estimate of drug-likeness (QED) is 0.215. The molecule has 142 valence electrons. The van der Waals surface area contributed by atoms with Crippen molar-refractivity contribution < 1.29 is 0 Å². The van der Waals surface area contributed by atoms with Crippen LogP contribution in [0.4, 0.5) is 0 Å². The summed E-state index contributed by atoms with van der Waals surface area (Å²) in [7, 11) is 0. The fourth-order valence-corrected chi connectivity index (χ4v) is 11.2. The van der Waals surface area contributed by atoms with Crippen LogP contribution in [0.3, 0.4) is 0 Å². The molecule has 2 aromatic carbocycles. The maximum Gasteiger partial charge on any atom is 0.0529 e. The second-order valence-corrected chi connectivity index (χ2v) is 13.6. The lowest BCUT2D eigenvalue weighted by molar-refractivity contribution is 1.99. The number of hydrogen-bond donors (Lipinski definition) is 0. The molecule has 8 rings (SSSR count). The Bertz CT molecular complexity index is 1770. The molecule has 0 aliphatic carbocycles. The van der Waals surface area contributed by atoms with Gasteiger partial charge in [0, 0.05) is 48.7 Å². The van der Waals surface area contributed by atoms with Gasteiger partial charge < -0.3 is 0 Å². The Morgan fingerprint density at radius 3 is 1.43 bits per heavy atom. The highest BCUT2D eigenvalue weighted by Gasteiger charge is 2.14. The molecular formula is C24H10S6. The third-order valence-electron chi connectivity index (χ3n) is 5.67. The van der Waals surface area contributed by atoms with E-state index in [1.807, 2.05) is 68.0 Å². The standard InChI is InChI=1S/C24H10S6/c1-3-25-23-13-5-11-7-21(29-17(11)9-19(13)27-15(1)23)22-8-12-6-14-20(10-18(12)30-22)28-16-2-4-26-24(14)16/h1-10H. The molecule has 0 atom stereocenters. The zero-order valence-electron chi connectivity index (χ0n) is 15.2. The summed E-state index contributed by atoms with van der Waals surface area (Å²) in [5.41, 5.74) is 0. The van der Waals surface area contributed by atoms with E-state index in [4.69, 9.17) is 0 Å². The Morgan fingerprint density at radius 1 is 0.433 bits per heavy atom. The minimum Gasteiger partial charge on any atom is -0.142 e. The normalized spacial score (nSPS) is 12.7. The molecule has 0 bridgehead atoms. The summed E-state index contributed by atoms with van der Waals surface area (Å²) in [4.78, 5) is 2.77. The fourth-order valence-electron chi connectivity index (χ4n) is 4.29.